The first kappa shape index (κ1) is 28.6. The summed E-state index contributed by atoms with van der Waals surface area (Å²) >= 11 is 1.19. The molecule has 4 rings (SSSR count). The van der Waals surface area contributed by atoms with Crippen LogP contribution in [0.5, 0.6) is 0 Å². The average molecular weight is 555 g/mol. The average Bonchev–Trinajstić information content (AvgIpc) is 3.29. The third-order valence-corrected chi connectivity index (χ3v) is 7.20. The number of aliphatic hydroxyl groups is 1. The largest absolute Gasteiger partial charge is 0.390 e. The molecule has 8 nitrogen and oxygen atoms in total. The molecule has 1 amide bonds. The van der Waals surface area contributed by atoms with Gasteiger partial charge in [0.2, 0.25) is 5.91 Å². The van der Waals surface area contributed by atoms with Gasteiger partial charge >= 0.3 is 0 Å². The number of carbonyl (C=O) groups excluding carboxylic acids is 1. The summed E-state index contributed by atoms with van der Waals surface area (Å²) in [7, 11) is 0. The van der Waals surface area contributed by atoms with E-state index in [2.05, 4.69) is 44.9 Å². The van der Waals surface area contributed by atoms with E-state index < -0.39 is 23.8 Å². The molecule has 2 aromatic heterocycles. The first-order chi connectivity index (χ1) is 18.7. The Morgan fingerprint density at radius 2 is 1.79 bits per heavy atom. The summed E-state index contributed by atoms with van der Waals surface area (Å²) in [6.45, 7) is 6.57. The molecule has 0 saturated heterocycles. The van der Waals surface area contributed by atoms with E-state index in [4.69, 9.17) is 0 Å². The number of aromatic nitrogens is 4. The van der Waals surface area contributed by atoms with Crippen LogP contribution >= 0.6 is 11.8 Å². The molecule has 0 saturated carbocycles. The van der Waals surface area contributed by atoms with Crippen LogP contribution in [-0.2, 0) is 24.2 Å². The maximum absolute atomic E-state index is 13.8. The van der Waals surface area contributed by atoms with Gasteiger partial charge in [0, 0.05) is 30.5 Å². The summed E-state index contributed by atoms with van der Waals surface area (Å²) in [6, 6.07) is 12.4. The highest BCUT2D eigenvalue weighted by Gasteiger charge is 2.23. The molecule has 2 aromatic carbocycles. The number of nitrogens with one attached hydrogen (secondary N) is 2. The molecule has 0 spiro atoms. The number of amides is 1. The number of thioether (sulfide) groups is 1. The van der Waals surface area contributed by atoms with Crippen molar-refractivity contribution >= 4 is 23.4 Å². The van der Waals surface area contributed by atoms with Gasteiger partial charge < -0.3 is 15.7 Å². The van der Waals surface area contributed by atoms with E-state index in [1.807, 2.05) is 32.0 Å². The van der Waals surface area contributed by atoms with Crippen LogP contribution in [0.1, 0.15) is 35.0 Å². The van der Waals surface area contributed by atoms with Crippen molar-refractivity contribution in [3.05, 3.63) is 88.2 Å². The van der Waals surface area contributed by atoms with E-state index in [0.717, 1.165) is 29.4 Å². The zero-order valence-electron chi connectivity index (χ0n) is 22.1. The minimum absolute atomic E-state index is 0.00603. The molecular weight excluding hydrogens is 522 g/mol. The Bertz CT molecular complexity index is 1430. The van der Waals surface area contributed by atoms with Crippen molar-refractivity contribution in [2.45, 2.75) is 57.5 Å². The van der Waals surface area contributed by atoms with Gasteiger partial charge in [-0.2, -0.15) is 0 Å². The topological polar surface area (TPSA) is 104 Å². The van der Waals surface area contributed by atoms with E-state index in [0.29, 0.717) is 23.0 Å². The Kier molecular flexibility index (Phi) is 9.60. The van der Waals surface area contributed by atoms with Gasteiger partial charge in [-0.15, -0.1) is 10.2 Å². The molecule has 39 heavy (non-hydrogen) atoms. The molecule has 4 aromatic rings. The van der Waals surface area contributed by atoms with Crippen LogP contribution in [-0.4, -0.2) is 55.0 Å². The number of halogens is 2. The summed E-state index contributed by atoms with van der Waals surface area (Å²) in [5.41, 5.74) is 4.33. The van der Waals surface area contributed by atoms with E-state index >= 15 is 0 Å². The van der Waals surface area contributed by atoms with E-state index in [1.54, 1.807) is 4.40 Å². The highest BCUT2D eigenvalue weighted by molar-refractivity contribution is 7.99. The van der Waals surface area contributed by atoms with Crippen LogP contribution in [0, 0.1) is 25.5 Å². The number of aryl methyl sites for hydroxylation is 3. The quantitative estimate of drug-likeness (QED) is 0.230. The molecule has 2 heterocycles. The molecule has 3 N–H and O–H groups in total. The van der Waals surface area contributed by atoms with Crippen molar-refractivity contribution in [3.8, 4) is 0 Å². The van der Waals surface area contributed by atoms with Gasteiger partial charge in [0.1, 0.15) is 11.6 Å². The minimum Gasteiger partial charge on any atom is -0.390 e. The van der Waals surface area contributed by atoms with Crippen LogP contribution in [0.25, 0.3) is 5.78 Å². The van der Waals surface area contributed by atoms with Gasteiger partial charge in [-0.3, -0.25) is 9.20 Å². The van der Waals surface area contributed by atoms with Gasteiger partial charge in [-0.1, -0.05) is 43.0 Å². The second-order valence-electron chi connectivity index (χ2n) is 9.47. The van der Waals surface area contributed by atoms with Gasteiger partial charge in [-0.25, -0.2) is 13.8 Å². The fraction of sp³-hybridized carbons (Fsp3) is 0.357. The normalized spacial score (nSPS) is 13.0. The fourth-order valence-corrected chi connectivity index (χ4v) is 5.20. The number of benzene rings is 2. The lowest BCUT2D eigenvalue weighted by Gasteiger charge is -2.25. The molecule has 2 atom stereocenters. The summed E-state index contributed by atoms with van der Waals surface area (Å²) in [5.74, 6) is -1.33. The number of hydrogen-bond acceptors (Lipinski definition) is 7. The zero-order chi connectivity index (χ0) is 27.9. The molecule has 0 unspecified atom stereocenters. The number of aliphatic hydroxyl groups excluding tert-OH is 1. The predicted octanol–water partition coefficient (Wildman–Crippen LogP) is 3.55. The number of hydrogen-bond donors (Lipinski definition) is 3. The molecule has 0 aliphatic carbocycles. The molecule has 0 radical (unpaired) electrons. The molecule has 0 bridgehead atoms. The highest BCUT2D eigenvalue weighted by atomic mass is 32.2. The summed E-state index contributed by atoms with van der Waals surface area (Å²) in [5, 5.41) is 25.8. The second kappa shape index (κ2) is 13.1. The fourth-order valence-electron chi connectivity index (χ4n) is 4.40. The van der Waals surface area contributed by atoms with Gasteiger partial charge in [0.15, 0.2) is 5.16 Å². The molecule has 0 aliphatic heterocycles. The van der Waals surface area contributed by atoms with E-state index in [1.165, 1.54) is 29.5 Å². The summed E-state index contributed by atoms with van der Waals surface area (Å²) in [4.78, 5) is 17.3. The Hall–Kier alpha value is -3.41. The molecule has 0 aliphatic rings. The number of rotatable bonds is 12. The Morgan fingerprint density at radius 1 is 1.05 bits per heavy atom. The van der Waals surface area contributed by atoms with Crippen molar-refractivity contribution in [1.82, 2.24) is 30.2 Å². The van der Waals surface area contributed by atoms with Crippen LogP contribution in [0.3, 0.4) is 0 Å². The van der Waals surface area contributed by atoms with Crippen molar-refractivity contribution in [3.63, 3.8) is 0 Å². The van der Waals surface area contributed by atoms with Gasteiger partial charge in [-0.05, 0) is 61.6 Å². The predicted molar refractivity (Wildman–Crippen MR) is 147 cm³/mol. The van der Waals surface area contributed by atoms with Crippen LogP contribution in [0.2, 0.25) is 0 Å². The van der Waals surface area contributed by atoms with Gasteiger partial charge in [0.05, 0.1) is 17.9 Å². The first-order valence-electron chi connectivity index (χ1n) is 12.7. The lowest BCUT2D eigenvalue weighted by atomic mass is 10.0. The van der Waals surface area contributed by atoms with Crippen molar-refractivity contribution in [2.24, 2.45) is 0 Å². The van der Waals surface area contributed by atoms with Crippen molar-refractivity contribution in [1.29, 1.82) is 0 Å². The Morgan fingerprint density at radius 3 is 2.54 bits per heavy atom. The Balaban J connectivity index is 1.42. The zero-order valence-corrected chi connectivity index (χ0v) is 22.9. The number of nitrogens with zero attached hydrogens (tertiary/aromatic N) is 4. The van der Waals surface area contributed by atoms with E-state index in [-0.39, 0.29) is 24.6 Å². The monoisotopic (exact) mass is 554 g/mol. The molecule has 0 fully saturated rings. The van der Waals surface area contributed by atoms with Crippen LogP contribution in [0.15, 0.2) is 53.7 Å². The van der Waals surface area contributed by atoms with Crippen molar-refractivity contribution in [2.75, 3.05) is 12.3 Å². The third-order valence-electron chi connectivity index (χ3n) is 6.27. The summed E-state index contributed by atoms with van der Waals surface area (Å²) < 4.78 is 29.4. The SMILES string of the molecule is CCc1cccc(CNC[C@H](O)[C@H](Cc2cc(F)cc(F)c2)NC(=O)CSc2nnc3nc(C)cc(C)n23)c1. The minimum atomic E-state index is -1.01. The first-order valence-corrected chi connectivity index (χ1v) is 13.7. The van der Waals surface area contributed by atoms with Crippen molar-refractivity contribution < 1.29 is 18.7 Å². The second-order valence-corrected chi connectivity index (χ2v) is 10.4. The third kappa shape index (κ3) is 7.81. The van der Waals surface area contributed by atoms with E-state index in [9.17, 15) is 18.7 Å². The van der Waals surface area contributed by atoms with Crippen LogP contribution < -0.4 is 10.6 Å². The standard InChI is InChI=1S/C28H32F2N6O2S/c1-4-19-6-5-7-20(9-19)14-31-15-25(37)24(12-21-10-22(29)13-23(30)11-21)33-26(38)16-39-28-35-34-27-32-17(2)8-18(3)36(27)28/h5-11,13,24-25,31,37H,4,12,14-16H2,1-3H3,(H,33,38)/t24-,25-/m0/s1. The number of fused-ring (bicyclic) bond motifs is 1. The lowest BCUT2D eigenvalue weighted by molar-refractivity contribution is -0.120. The highest BCUT2D eigenvalue weighted by Crippen LogP contribution is 2.19. The van der Waals surface area contributed by atoms with Gasteiger partial charge in [0.25, 0.3) is 5.78 Å². The molecular formula is C28H32F2N6O2S. The number of carbonyl (C=O) groups is 1. The van der Waals surface area contributed by atoms with Crippen LogP contribution in [0.4, 0.5) is 8.78 Å². The maximum Gasteiger partial charge on any atom is 0.256 e. The maximum atomic E-state index is 13.8. The lowest BCUT2D eigenvalue weighted by Crippen LogP contribution is -2.49. The smallest absolute Gasteiger partial charge is 0.256 e. The molecule has 206 valence electrons. The summed E-state index contributed by atoms with van der Waals surface area (Å²) in [6.07, 6.45) is -0.0364. The molecule has 11 heteroatoms. The Labute approximate surface area is 230 Å².